The first-order valence-electron chi connectivity index (χ1n) is 8.63. The largest absolute Gasteiger partial charge is 0.321 e. The van der Waals surface area contributed by atoms with Gasteiger partial charge in [-0.3, -0.25) is 4.79 Å². The number of hydrogen-bond donors (Lipinski definition) is 1. The van der Waals surface area contributed by atoms with Crippen LogP contribution in [0.1, 0.15) is 40.7 Å². The second kappa shape index (κ2) is 7.70. The molecular formula is C21H23N3OS. The first-order chi connectivity index (χ1) is 12.5. The number of para-hydroxylation sites is 1. The summed E-state index contributed by atoms with van der Waals surface area (Å²) in [5, 5.41) is 3.77. The Labute approximate surface area is 158 Å². The van der Waals surface area contributed by atoms with Gasteiger partial charge in [-0.1, -0.05) is 55.5 Å². The summed E-state index contributed by atoms with van der Waals surface area (Å²) in [4.78, 5) is 19.9. The number of benzene rings is 2. The summed E-state index contributed by atoms with van der Waals surface area (Å²) in [5.74, 6) is 0.351. The van der Waals surface area contributed by atoms with E-state index in [2.05, 4.69) is 36.3 Å². The van der Waals surface area contributed by atoms with Crippen molar-refractivity contribution in [3.63, 3.8) is 0 Å². The lowest BCUT2D eigenvalue weighted by Crippen LogP contribution is -2.11. The van der Waals surface area contributed by atoms with Crippen molar-refractivity contribution in [3.05, 3.63) is 70.7 Å². The van der Waals surface area contributed by atoms with Crippen molar-refractivity contribution in [2.45, 2.75) is 26.7 Å². The van der Waals surface area contributed by atoms with Crippen molar-refractivity contribution in [3.8, 4) is 0 Å². The van der Waals surface area contributed by atoms with Crippen LogP contribution in [0.2, 0.25) is 0 Å². The van der Waals surface area contributed by atoms with Crippen LogP contribution in [0, 0.1) is 6.92 Å². The third-order valence-corrected chi connectivity index (χ3v) is 5.49. The first-order valence-corrected chi connectivity index (χ1v) is 9.45. The SMILES string of the molecule is Cc1nc(N(C)c2ccccc2)sc1C(=O)Nc1ccc(C(C)C)cc1. The number of thiazole rings is 1. The molecule has 26 heavy (non-hydrogen) atoms. The van der Waals surface area contributed by atoms with Crippen LogP contribution in [0.3, 0.4) is 0 Å². The molecule has 1 aromatic heterocycles. The van der Waals surface area contributed by atoms with Crippen molar-refractivity contribution in [1.82, 2.24) is 4.98 Å². The Morgan fingerprint density at radius 3 is 2.35 bits per heavy atom. The molecule has 1 N–H and O–H groups in total. The molecule has 0 unspecified atom stereocenters. The van der Waals surface area contributed by atoms with Crippen LogP contribution in [-0.2, 0) is 0 Å². The molecule has 0 fully saturated rings. The number of anilines is 3. The van der Waals surface area contributed by atoms with Gasteiger partial charge >= 0.3 is 0 Å². The van der Waals surface area contributed by atoms with Crippen LogP contribution in [0.5, 0.6) is 0 Å². The van der Waals surface area contributed by atoms with E-state index in [0.29, 0.717) is 10.8 Å². The van der Waals surface area contributed by atoms with Gasteiger partial charge < -0.3 is 10.2 Å². The molecule has 5 heteroatoms. The molecule has 0 saturated carbocycles. The summed E-state index contributed by atoms with van der Waals surface area (Å²) in [6, 6.07) is 18.0. The lowest BCUT2D eigenvalue weighted by Gasteiger charge is -2.15. The third kappa shape index (κ3) is 3.94. The van der Waals surface area contributed by atoms with Gasteiger partial charge in [-0.15, -0.1) is 0 Å². The lowest BCUT2D eigenvalue weighted by molar-refractivity contribution is 0.103. The fourth-order valence-corrected chi connectivity index (χ4v) is 3.58. The van der Waals surface area contributed by atoms with Gasteiger partial charge in [0.05, 0.1) is 5.69 Å². The fourth-order valence-electron chi connectivity index (χ4n) is 2.64. The number of nitrogens with zero attached hydrogens (tertiary/aromatic N) is 2. The summed E-state index contributed by atoms with van der Waals surface area (Å²) in [6.45, 7) is 6.17. The average molecular weight is 366 g/mol. The Morgan fingerprint density at radius 1 is 1.08 bits per heavy atom. The highest BCUT2D eigenvalue weighted by Gasteiger charge is 2.18. The quantitative estimate of drug-likeness (QED) is 0.640. The smallest absolute Gasteiger partial charge is 0.267 e. The number of nitrogens with one attached hydrogen (secondary N) is 1. The second-order valence-electron chi connectivity index (χ2n) is 6.54. The molecule has 0 saturated heterocycles. The zero-order chi connectivity index (χ0) is 18.7. The summed E-state index contributed by atoms with van der Waals surface area (Å²) in [6.07, 6.45) is 0. The minimum atomic E-state index is -0.120. The van der Waals surface area contributed by atoms with E-state index < -0.39 is 0 Å². The van der Waals surface area contributed by atoms with Crippen LogP contribution >= 0.6 is 11.3 Å². The molecule has 0 aliphatic carbocycles. The molecule has 0 aliphatic heterocycles. The summed E-state index contributed by atoms with van der Waals surface area (Å²) >= 11 is 1.40. The molecule has 0 radical (unpaired) electrons. The maximum Gasteiger partial charge on any atom is 0.267 e. The fraction of sp³-hybridized carbons (Fsp3) is 0.238. The van der Waals surface area contributed by atoms with Crippen molar-refractivity contribution < 1.29 is 4.79 Å². The number of hydrogen-bond acceptors (Lipinski definition) is 4. The Balaban J connectivity index is 1.77. The Bertz CT molecular complexity index is 885. The van der Waals surface area contributed by atoms with Crippen LogP contribution < -0.4 is 10.2 Å². The molecule has 4 nitrogen and oxygen atoms in total. The average Bonchev–Trinajstić information content (AvgIpc) is 3.04. The minimum Gasteiger partial charge on any atom is -0.321 e. The molecule has 0 bridgehead atoms. The van der Waals surface area contributed by atoms with Crippen molar-refractivity contribution in [1.29, 1.82) is 0 Å². The number of amides is 1. The number of rotatable bonds is 5. The zero-order valence-electron chi connectivity index (χ0n) is 15.5. The topological polar surface area (TPSA) is 45.2 Å². The van der Waals surface area contributed by atoms with Gasteiger partial charge in [0.1, 0.15) is 4.88 Å². The van der Waals surface area contributed by atoms with Gasteiger partial charge in [-0.2, -0.15) is 0 Å². The van der Waals surface area contributed by atoms with Crippen LogP contribution in [0.25, 0.3) is 0 Å². The van der Waals surface area contributed by atoms with Crippen molar-refractivity contribution in [2.75, 3.05) is 17.3 Å². The predicted octanol–water partition coefficient (Wildman–Crippen LogP) is 5.60. The third-order valence-electron chi connectivity index (χ3n) is 4.26. The second-order valence-corrected chi connectivity index (χ2v) is 7.51. The summed E-state index contributed by atoms with van der Waals surface area (Å²) in [7, 11) is 1.96. The normalized spacial score (nSPS) is 10.8. The molecule has 3 rings (SSSR count). The van der Waals surface area contributed by atoms with Gasteiger partial charge in [-0.25, -0.2) is 4.98 Å². The molecule has 1 heterocycles. The van der Waals surface area contributed by atoms with Gasteiger partial charge in [0.25, 0.3) is 5.91 Å². The van der Waals surface area contributed by atoms with E-state index in [1.54, 1.807) is 0 Å². The minimum absolute atomic E-state index is 0.120. The molecule has 3 aromatic rings. The van der Waals surface area contributed by atoms with Crippen molar-refractivity contribution >= 4 is 33.8 Å². The molecule has 0 atom stereocenters. The van der Waals surface area contributed by atoms with Crippen LogP contribution in [0.4, 0.5) is 16.5 Å². The number of carbonyl (C=O) groups excluding carboxylic acids is 1. The Kier molecular flexibility index (Phi) is 5.38. The van der Waals surface area contributed by atoms with E-state index in [-0.39, 0.29) is 5.91 Å². The standard InChI is InChI=1S/C21H23N3OS/c1-14(2)16-10-12-17(13-11-16)23-20(25)19-15(3)22-21(26-19)24(4)18-8-6-5-7-9-18/h5-14H,1-4H3,(H,23,25). The molecule has 1 amide bonds. The highest BCUT2D eigenvalue weighted by molar-refractivity contribution is 7.17. The van der Waals surface area contributed by atoms with E-state index in [0.717, 1.165) is 22.2 Å². The highest BCUT2D eigenvalue weighted by atomic mass is 32.1. The summed E-state index contributed by atoms with van der Waals surface area (Å²) in [5.41, 5.74) is 3.83. The van der Waals surface area contributed by atoms with E-state index in [1.807, 2.05) is 61.3 Å². The Morgan fingerprint density at radius 2 is 1.73 bits per heavy atom. The lowest BCUT2D eigenvalue weighted by atomic mass is 10.0. The summed E-state index contributed by atoms with van der Waals surface area (Å²) < 4.78 is 0. The maximum atomic E-state index is 12.7. The number of aryl methyl sites for hydroxylation is 1. The van der Waals surface area contributed by atoms with E-state index in [1.165, 1.54) is 16.9 Å². The van der Waals surface area contributed by atoms with E-state index >= 15 is 0 Å². The van der Waals surface area contributed by atoms with Gasteiger partial charge in [0, 0.05) is 18.4 Å². The molecule has 0 spiro atoms. The van der Waals surface area contributed by atoms with Crippen LogP contribution in [0.15, 0.2) is 54.6 Å². The molecular weight excluding hydrogens is 342 g/mol. The molecule has 0 aliphatic rings. The zero-order valence-corrected chi connectivity index (χ0v) is 16.3. The number of aromatic nitrogens is 1. The highest BCUT2D eigenvalue weighted by Crippen LogP contribution is 2.30. The Hall–Kier alpha value is -2.66. The number of carbonyl (C=O) groups is 1. The van der Waals surface area contributed by atoms with Crippen LogP contribution in [-0.4, -0.2) is 17.9 Å². The molecule has 134 valence electrons. The van der Waals surface area contributed by atoms with Gasteiger partial charge in [-0.05, 0) is 42.7 Å². The molecule has 2 aromatic carbocycles. The van der Waals surface area contributed by atoms with Gasteiger partial charge in [0.15, 0.2) is 5.13 Å². The van der Waals surface area contributed by atoms with E-state index in [9.17, 15) is 4.79 Å². The van der Waals surface area contributed by atoms with Crippen molar-refractivity contribution in [2.24, 2.45) is 0 Å². The monoisotopic (exact) mass is 365 g/mol. The maximum absolute atomic E-state index is 12.7. The van der Waals surface area contributed by atoms with E-state index in [4.69, 9.17) is 0 Å². The predicted molar refractivity (Wildman–Crippen MR) is 110 cm³/mol. The first kappa shape index (κ1) is 18.1. The van der Waals surface area contributed by atoms with Gasteiger partial charge in [0.2, 0.25) is 0 Å².